The first-order valence-electron chi connectivity index (χ1n) is 9.50. The summed E-state index contributed by atoms with van der Waals surface area (Å²) < 4.78 is 11.0. The number of ether oxygens (including phenoxy) is 2. The Kier molecular flexibility index (Phi) is 6.66. The first-order chi connectivity index (χ1) is 13.5. The van der Waals surface area contributed by atoms with Crippen molar-refractivity contribution in [1.82, 2.24) is 4.90 Å². The van der Waals surface area contributed by atoms with Gasteiger partial charge in [-0.05, 0) is 49.2 Å². The second kappa shape index (κ2) is 9.37. The Morgan fingerprint density at radius 3 is 2.57 bits per heavy atom. The lowest BCUT2D eigenvalue weighted by molar-refractivity contribution is -0.116. The van der Waals surface area contributed by atoms with Crippen LogP contribution < -0.4 is 10.1 Å². The molecule has 0 spiro atoms. The monoisotopic (exact) mass is 382 g/mol. The quantitative estimate of drug-likeness (QED) is 0.833. The predicted molar refractivity (Wildman–Crippen MR) is 108 cm³/mol. The third kappa shape index (κ3) is 5.10. The lowest BCUT2D eigenvalue weighted by atomic mass is 10.1. The van der Waals surface area contributed by atoms with E-state index >= 15 is 0 Å². The Hall–Kier alpha value is -2.86. The van der Waals surface area contributed by atoms with Gasteiger partial charge in [-0.2, -0.15) is 0 Å². The first kappa shape index (κ1) is 19.9. The minimum atomic E-state index is -0.189. The Labute approximate surface area is 165 Å². The van der Waals surface area contributed by atoms with E-state index in [0.29, 0.717) is 37.6 Å². The Morgan fingerprint density at radius 2 is 1.82 bits per heavy atom. The number of rotatable bonds is 6. The first-order valence-corrected chi connectivity index (χ1v) is 9.50. The van der Waals surface area contributed by atoms with Crippen molar-refractivity contribution in [3.8, 4) is 5.75 Å². The molecule has 0 aliphatic carbocycles. The van der Waals surface area contributed by atoms with Crippen molar-refractivity contribution in [2.75, 3.05) is 38.2 Å². The third-order valence-corrected chi connectivity index (χ3v) is 4.81. The number of hydrogen-bond donors (Lipinski definition) is 1. The van der Waals surface area contributed by atoms with Gasteiger partial charge >= 0.3 is 0 Å². The van der Waals surface area contributed by atoms with E-state index in [2.05, 4.69) is 5.32 Å². The summed E-state index contributed by atoms with van der Waals surface area (Å²) in [4.78, 5) is 26.8. The molecular weight excluding hydrogens is 356 g/mol. The van der Waals surface area contributed by atoms with Gasteiger partial charge in [0.25, 0.3) is 5.91 Å². The number of carbonyl (C=O) groups is 2. The molecule has 28 heavy (non-hydrogen) atoms. The molecule has 148 valence electrons. The summed E-state index contributed by atoms with van der Waals surface area (Å²) in [5, 5.41) is 2.84. The minimum Gasteiger partial charge on any atom is -0.493 e. The summed E-state index contributed by atoms with van der Waals surface area (Å²) in [7, 11) is 0. The summed E-state index contributed by atoms with van der Waals surface area (Å²) in [5.74, 6) is 0.468. The van der Waals surface area contributed by atoms with Crippen molar-refractivity contribution in [2.45, 2.75) is 20.3 Å². The van der Waals surface area contributed by atoms with Gasteiger partial charge in [0, 0.05) is 13.1 Å². The molecule has 0 aromatic heterocycles. The van der Waals surface area contributed by atoms with E-state index < -0.39 is 0 Å². The van der Waals surface area contributed by atoms with Crippen LogP contribution in [0.5, 0.6) is 5.75 Å². The normalized spacial score (nSPS) is 13.9. The van der Waals surface area contributed by atoms with Crippen molar-refractivity contribution >= 4 is 17.5 Å². The number of nitrogens with one attached hydrogen (secondary N) is 1. The highest BCUT2D eigenvalue weighted by Crippen LogP contribution is 2.19. The van der Waals surface area contributed by atoms with Crippen LogP contribution in [0.3, 0.4) is 0 Å². The molecular formula is C22H26N2O4. The van der Waals surface area contributed by atoms with Gasteiger partial charge < -0.3 is 19.7 Å². The smallest absolute Gasteiger partial charge is 0.256 e. The molecule has 0 radical (unpaired) electrons. The highest BCUT2D eigenvalue weighted by atomic mass is 16.5. The third-order valence-electron chi connectivity index (χ3n) is 4.81. The predicted octanol–water partition coefficient (Wildman–Crippen LogP) is 3.18. The number of morpholine rings is 1. The van der Waals surface area contributed by atoms with Crippen LogP contribution in [0.25, 0.3) is 0 Å². The highest BCUT2D eigenvalue weighted by molar-refractivity contribution is 6.03. The van der Waals surface area contributed by atoms with Gasteiger partial charge in [0.1, 0.15) is 5.75 Å². The molecule has 1 heterocycles. The average molecular weight is 382 g/mol. The van der Waals surface area contributed by atoms with Crippen molar-refractivity contribution in [2.24, 2.45) is 0 Å². The van der Waals surface area contributed by atoms with Gasteiger partial charge in [0.2, 0.25) is 5.91 Å². The molecule has 0 saturated carbocycles. The van der Waals surface area contributed by atoms with E-state index in [0.717, 1.165) is 11.3 Å². The van der Waals surface area contributed by atoms with Crippen LogP contribution in [0.2, 0.25) is 0 Å². The molecule has 2 aromatic carbocycles. The Morgan fingerprint density at radius 1 is 1.07 bits per heavy atom. The largest absolute Gasteiger partial charge is 0.493 e. The summed E-state index contributed by atoms with van der Waals surface area (Å²) >= 11 is 0. The van der Waals surface area contributed by atoms with Crippen LogP contribution in [0.4, 0.5) is 5.69 Å². The number of nitrogens with zero attached hydrogens (tertiary/aromatic N) is 1. The van der Waals surface area contributed by atoms with Crippen LogP contribution in [0, 0.1) is 13.8 Å². The molecule has 1 fully saturated rings. The van der Waals surface area contributed by atoms with E-state index in [1.807, 2.05) is 32.0 Å². The van der Waals surface area contributed by atoms with Gasteiger partial charge in [0.15, 0.2) is 0 Å². The summed E-state index contributed by atoms with van der Waals surface area (Å²) in [6.45, 7) is 6.54. The molecule has 0 atom stereocenters. The molecule has 0 unspecified atom stereocenters. The molecule has 1 saturated heterocycles. The van der Waals surface area contributed by atoms with E-state index in [4.69, 9.17) is 9.47 Å². The Bertz CT molecular complexity index is 844. The van der Waals surface area contributed by atoms with E-state index in [-0.39, 0.29) is 24.8 Å². The van der Waals surface area contributed by atoms with Crippen LogP contribution in [-0.4, -0.2) is 49.6 Å². The maximum absolute atomic E-state index is 12.8. The molecule has 1 aliphatic heterocycles. The van der Waals surface area contributed by atoms with Crippen molar-refractivity contribution in [1.29, 1.82) is 0 Å². The Balaban J connectivity index is 1.56. The average Bonchev–Trinajstić information content (AvgIpc) is 2.71. The summed E-state index contributed by atoms with van der Waals surface area (Å²) in [5.41, 5.74) is 3.37. The number of amides is 2. The summed E-state index contributed by atoms with van der Waals surface area (Å²) in [6.07, 6.45) is 0.201. The molecule has 6 heteroatoms. The van der Waals surface area contributed by atoms with Crippen LogP contribution in [0.1, 0.15) is 27.9 Å². The highest BCUT2D eigenvalue weighted by Gasteiger charge is 2.21. The lowest BCUT2D eigenvalue weighted by Crippen LogP contribution is -2.41. The van der Waals surface area contributed by atoms with Crippen LogP contribution in [-0.2, 0) is 9.53 Å². The molecule has 2 aromatic rings. The molecule has 6 nitrogen and oxygen atoms in total. The van der Waals surface area contributed by atoms with Gasteiger partial charge in [-0.15, -0.1) is 0 Å². The SMILES string of the molecule is Cc1ccc(OCCC(=O)Nc2ccccc2C(=O)N2CCOCC2)cc1C. The standard InChI is InChI=1S/C22H26N2O4/c1-16-7-8-18(15-17(16)2)28-12-9-21(25)23-20-6-4-3-5-19(20)22(26)24-10-13-27-14-11-24/h3-8,15H,9-14H2,1-2H3,(H,23,25). The second-order valence-corrected chi connectivity index (χ2v) is 6.84. The number of anilines is 1. The topological polar surface area (TPSA) is 67.9 Å². The van der Waals surface area contributed by atoms with E-state index in [1.54, 1.807) is 29.2 Å². The fraction of sp³-hybridized carbons (Fsp3) is 0.364. The zero-order valence-electron chi connectivity index (χ0n) is 16.4. The minimum absolute atomic E-state index is 0.0921. The fourth-order valence-electron chi connectivity index (χ4n) is 2.99. The molecule has 1 aliphatic rings. The van der Waals surface area contributed by atoms with Gasteiger partial charge in [-0.3, -0.25) is 9.59 Å². The number of aryl methyl sites for hydroxylation is 2. The van der Waals surface area contributed by atoms with E-state index in [9.17, 15) is 9.59 Å². The van der Waals surface area contributed by atoms with Crippen LogP contribution >= 0.6 is 0 Å². The molecule has 2 amide bonds. The molecule has 3 rings (SSSR count). The maximum Gasteiger partial charge on any atom is 0.256 e. The van der Waals surface area contributed by atoms with Crippen molar-refractivity contribution in [3.05, 3.63) is 59.2 Å². The number of benzene rings is 2. The van der Waals surface area contributed by atoms with E-state index in [1.165, 1.54) is 5.56 Å². The maximum atomic E-state index is 12.8. The zero-order valence-corrected chi connectivity index (χ0v) is 16.4. The van der Waals surface area contributed by atoms with Gasteiger partial charge in [0.05, 0.1) is 37.5 Å². The number of para-hydroxylation sites is 1. The van der Waals surface area contributed by atoms with Gasteiger partial charge in [-0.1, -0.05) is 18.2 Å². The fourth-order valence-corrected chi connectivity index (χ4v) is 2.99. The van der Waals surface area contributed by atoms with Crippen molar-refractivity contribution in [3.63, 3.8) is 0 Å². The van der Waals surface area contributed by atoms with Crippen LogP contribution in [0.15, 0.2) is 42.5 Å². The van der Waals surface area contributed by atoms with Gasteiger partial charge in [-0.25, -0.2) is 0 Å². The summed E-state index contributed by atoms with van der Waals surface area (Å²) in [6, 6.07) is 12.9. The zero-order chi connectivity index (χ0) is 19.9. The second-order valence-electron chi connectivity index (χ2n) is 6.84. The number of carbonyl (C=O) groups excluding carboxylic acids is 2. The number of hydrogen-bond acceptors (Lipinski definition) is 4. The molecule has 1 N–H and O–H groups in total. The molecule has 0 bridgehead atoms. The van der Waals surface area contributed by atoms with Crippen molar-refractivity contribution < 1.29 is 19.1 Å². The lowest BCUT2D eigenvalue weighted by Gasteiger charge is -2.27.